The van der Waals surface area contributed by atoms with E-state index in [1.807, 2.05) is 25.1 Å². The van der Waals surface area contributed by atoms with Crippen LogP contribution in [0, 0.1) is 5.92 Å². The van der Waals surface area contributed by atoms with E-state index in [0.717, 1.165) is 24.2 Å². The monoisotopic (exact) mass is 466 g/mol. The average molecular weight is 467 g/mol. The number of sulfonamides is 1. The highest BCUT2D eigenvalue weighted by atomic mass is 32.2. The minimum Gasteiger partial charge on any atom is -0.493 e. The minimum atomic E-state index is -3.51. The number of carbonyl (C=O) groups excluding carboxylic acids is 1. The van der Waals surface area contributed by atoms with Crippen LogP contribution >= 0.6 is 11.3 Å². The van der Waals surface area contributed by atoms with Gasteiger partial charge in [0.05, 0.1) is 19.6 Å². The lowest BCUT2D eigenvalue weighted by Gasteiger charge is -2.30. The van der Waals surface area contributed by atoms with E-state index in [0.29, 0.717) is 42.5 Å². The highest BCUT2D eigenvalue weighted by Crippen LogP contribution is 2.29. The second kappa shape index (κ2) is 11.0. The molecule has 0 unspecified atom stereocenters. The molecule has 1 aliphatic rings. The van der Waals surface area contributed by atoms with E-state index >= 15 is 0 Å². The molecule has 1 atom stereocenters. The van der Waals surface area contributed by atoms with Crippen molar-refractivity contribution >= 4 is 27.3 Å². The molecule has 7 nitrogen and oxygen atoms in total. The van der Waals surface area contributed by atoms with Crippen LogP contribution in [-0.2, 0) is 21.2 Å². The highest BCUT2D eigenvalue weighted by molar-refractivity contribution is 7.91. The van der Waals surface area contributed by atoms with Gasteiger partial charge >= 0.3 is 0 Å². The maximum absolute atomic E-state index is 12.7. The van der Waals surface area contributed by atoms with E-state index in [-0.39, 0.29) is 18.4 Å². The molecule has 0 radical (unpaired) electrons. The molecule has 1 aromatic carbocycles. The lowest BCUT2D eigenvalue weighted by atomic mass is 9.99. The van der Waals surface area contributed by atoms with Gasteiger partial charge in [-0.25, -0.2) is 8.42 Å². The Morgan fingerprint density at radius 3 is 2.84 bits per heavy atom. The SMILES string of the molecule is CCOc1ccc(CCCNC(=O)[C@H]2CCCN(S(=O)(=O)c3cccs3)C2)cc1OC. The Morgan fingerprint density at radius 1 is 1.29 bits per heavy atom. The Labute approximate surface area is 188 Å². The fourth-order valence-electron chi connectivity index (χ4n) is 3.70. The molecule has 1 N–H and O–H groups in total. The second-order valence-electron chi connectivity index (χ2n) is 7.45. The third-order valence-electron chi connectivity index (χ3n) is 5.31. The fourth-order valence-corrected chi connectivity index (χ4v) is 6.37. The first-order valence-corrected chi connectivity index (χ1v) is 12.9. The van der Waals surface area contributed by atoms with Gasteiger partial charge in [0.25, 0.3) is 10.0 Å². The average Bonchev–Trinajstić information content (AvgIpc) is 3.33. The van der Waals surface area contributed by atoms with E-state index in [1.54, 1.807) is 24.6 Å². The van der Waals surface area contributed by atoms with Gasteiger partial charge in [-0.3, -0.25) is 4.79 Å². The molecule has 1 aliphatic heterocycles. The van der Waals surface area contributed by atoms with Crippen molar-refractivity contribution in [1.29, 1.82) is 0 Å². The quantitative estimate of drug-likeness (QED) is 0.543. The molecule has 0 spiro atoms. The van der Waals surface area contributed by atoms with Crippen molar-refractivity contribution < 1.29 is 22.7 Å². The second-order valence-corrected chi connectivity index (χ2v) is 10.6. The Morgan fingerprint density at radius 2 is 2.13 bits per heavy atom. The zero-order chi connectivity index (χ0) is 22.3. The van der Waals surface area contributed by atoms with Gasteiger partial charge in [0.1, 0.15) is 4.21 Å². The molecular weight excluding hydrogens is 436 g/mol. The van der Waals surface area contributed by atoms with Crippen LogP contribution < -0.4 is 14.8 Å². The number of hydrogen-bond acceptors (Lipinski definition) is 6. The van der Waals surface area contributed by atoms with E-state index < -0.39 is 10.0 Å². The first kappa shape index (κ1) is 23.6. The summed E-state index contributed by atoms with van der Waals surface area (Å²) in [4.78, 5) is 12.6. The van der Waals surface area contributed by atoms with Crippen molar-refractivity contribution in [3.8, 4) is 11.5 Å². The third kappa shape index (κ3) is 5.99. The van der Waals surface area contributed by atoms with Gasteiger partial charge in [0.2, 0.25) is 5.91 Å². The van der Waals surface area contributed by atoms with Crippen LogP contribution in [-0.4, -0.2) is 52.0 Å². The zero-order valence-corrected chi connectivity index (χ0v) is 19.6. The summed E-state index contributed by atoms with van der Waals surface area (Å²) in [5, 5.41) is 4.73. The number of hydrogen-bond donors (Lipinski definition) is 1. The molecule has 1 amide bonds. The smallest absolute Gasteiger partial charge is 0.252 e. The number of nitrogens with zero attached hydrogens (tertiary/aromatic N) is 1. The predicted molar refractivity (Wildman–Crippen MR) is 121 cm³/mol. The maximum atomic E-state index is 12.7. The number of carbonyl (C=O) groups is 1. The molecule has 3 rings (SSSR count). The van der Waals surface area contributed by atoms with Crippen molar-refractivity contribution in [3.63, 3.8) is 0 Å². The topological polar surface area (TPSA) is 84.9 Å². The van der Waals surface area contributed by atoms with Gasteiger partial charge in [-0.15, -0.1) is 11.3 Å². The number of ether oxygens (including phenoxy) is 2. The van der Waals surface area contributed by atoms with E-state index in [9.17, 15) is 13.2 Å². The number of amides is 1. The molecule has 2 heterocycles. The number of methoxy groups -OCH3 is 1. The van der Waals surface area contributed by atoms with Crippen molar-refractivity contribution in [2.45, 2.75) is 36.8 Å². The van der Waals surface area contributed by atoms with Gasteiger partial charge in [0, 0.05) is 19.6 Å². The zero-order valence-electron chi connectivity index (χ0n) is 18.0. The molecule has 0 bridgehead atoms. The summed E-state index contributed by atoms with van der Waals surface area (Å²) >= 11 is 1.21. The van der Waals surface area contributed by atoms with Crippen LogP contribution in [0.5, 0.6) is 11.5 Å². The number of piperidine rings is 1. The minimum absolute atomic E-state index is 0.0737. The Hall–Kier alpha value is -2.10. The van der Waals surface area contributed by atoms with E-state index in [1.165, 1.54) is 15.6 Å². The van der Waals surface area contributed by atoms with Crippen LogP contribution in [0.1, 0.15) is 31.7 Å². The van der Waals surface area contributed by atoms with Crippen LogP contribution in [0.4, 0.5) is 0 Å². The summed E-state index contributed by atoms with van der Waals surface area (Å²) in [7, 11) is -1.89. The molecule has 170 valence electrons. The summed E-state index contributed by atoms with van der Waals surface area (Å²) in [5.74, 6) is 1.04. The van der Waals surface area contributed by atoms with Crippen LogP contribution in [0.25, 0.3) is 0 Å². The number of benzene rings is 1. The van der Waals surface area contributed by atoms with Gasteiger partial charge in [-0.05, 0) is 61.7 Å². The first-order valence-electron chi connectivity index (χ1n) is 10.6. The number of thiophene rings is 1. The molecule has 0 saturated carbocycles. The maximum Gasteiger partial charge on any atom is 0.252 e. The van der Waals surface area contributed by atoms with Gasteiger partial charge in [0.15, 0.2) is 11.5 Å². The molecule has 31 heavy (non-hydrogen) atoms. The Bertz CT molecular complexity index is 960. The fraction of sp³-hybridized carbons (Fsp3) is 0.500. The van der Waals surface area contributed by atoms with Gasteiger partial charge in [-0.1, -0.05) is 12.1 Å². The van der Waals surface area contributed by atoms with Crippen molar-refractivity contribution in [2.24, 2.45) is 5.92 Å². The lowest BCUT2D eigenvalue weighted by molar-refractivity contribution is -0.126. The Kier molecular flexibility index (Phi) is 8.34. The van der Waals surface area contributed by atoms with E-state index in [2.05, 4.69) is 5.32 Å². The third-order valence-corrected chi connectivity index (χ3v) is 8.55. The van der Waals surface area contributed by atoms with Crippen LogP contribution in [0.15, 0.2) is 39.9 Å². The highest BCUT2D eigenvalue weighted by Gasteiger charge is 2.33. The summed E-state index contributed by atoms with van der Waals surface area (Å²) in [6, 6.07) is 9.21. The summed E-state index contributed by atoms with van der Waals surface area (Å²) in [6.07, 6.45) is 2.98. The molecule has 0 aliphatic carbocycles. The summed E-state index contributed by atoms with van der Waals surface area (Å²) in [6.45, 7) is 3.75. The largest absolute Gasteiger partial charge is 0.493 e. The van der Waals surface area contributed by atoms with Gasteiger partial charge < -0.3 is 14.8 Å². The molecule has 1 aromatic heterocycles. The number of aryl methyl sites for hydroxylation is 1. The number of nitrogens with one attached hydrogen (secondary N) is 1. The molecule has 9 heteroatoms. The van der Waals surface area contributed by atoms with Crippen molar-refractivity contribution in [2.75, 3.05) is 33.4 Å². The van der Waals surface area contributed by atoms with Crippen molar-refractivity contribution in [1.82, 2.24) is 9.62 Å². The lowest BCUT2D eigenvalue weighted by Crippen LogP contribution is -2.45. The molecule has 1 saturated heterocycles. The summed E-state index contributed by atoms with van der Waals surface area (Å²) in [5.41, 5.74) is 1.11. The molecular formula is C22H30N2O5S2. The number of rotatable bonds is 10. The molecule has 1 fully saturated rings. The van der Waals surface area contributed by atoms with Crippen LogP contribution in [0.2, 0.25) is 0 Å². The van der Waals surface area contributed by atoms with Crippen molar-refractivity contribution in [3.05, 3.63) is 41.3 Å². The molecule has 2 aromatic rings. The van der Waals surface area contributed by atoms with E-state index in [4.69, 9.17) is 9.47 Å². The van der Waals surface area contributed by atoms with Gasteiger partial charge in [-0.2, -0.15) is 4.31 Å². The normalized spacial score (nSPS) is 17.3. The predicted octanol–water partition coefficient (Wildman–Crippen LogP) is 3.31. The Balaban J connectivity index is 1.47. The first-order chi connectivity index (χ1) is 15.0. The summed E-state index contributed by atoms with van der Waals surface area (Å²) < 4.78 is 38.2. The standard InChI is InChI=1S/C22H30N2O5S2/c1-3-29-19-11-10-17(15-20(19)28-2)7-4-12-23-22(25)18-8-5-13-24(16-18)31(26,27)21-9-6-14-30-21/h6,9-11,14-15,18H,3-5,7-8,12-13,16H2,1-2H3,(H,23,25)/t18-/m0/s1. The van der Waals surface area contributed by atoms with Crippen LogP contribution in [0.3, 0.4) is 0 Å².